The van der Waals surface area contributed by atoms with Crippen molar-refractivity contribution < 1.29 is 14.3 Å². The van der Waals surface area contributed by atoms with E-state index in [1.165, 1.54) is 16.2 Å². The Bertz CT molecular complexity index is 850. The Morgan fingerprint density at radius 3 is 2.38 bits per heavy atom. The van der Waals surface area contributed by atoms with E-state index >= 15 is 0 Å². The molecule has 1 aromatic heterocycles. The van der Waals surface area contributed by atoms with Crippen molar-refractivity contribution in [1.82, 2.24) is 4.90 Å². The number of likely N-dealkylation sites (tertiary alicyclic amines) is 1. The summed E-state index contributed by atoms with van der Waals surface area (Å²) in [7, 11) is 0. The van der Waals surface area contributed by atoms with Gasteiger partial charge >= 0.3 is 0 Å². The van der Waals surface area contributed by atoms with Crippen LogP contribution in [0.2, 0.25) is 0 Å². The zero-order valence-corrected chi connectivity index (χ0v) is 15.4. The lowest BCUT2D eigenvalue weighted by atomic mass is 10.2. The highest BCUT2D eigenvalue weighted by molar-refractivity contribution is 7.11. The molecule has 0 unspecified atom stereocenters. The fourth-order valence-electron chi connectivity index (χ4n) is 3.49. The number of benzene rings is 1. The summed E-state index contributed by atoms with van der Waals surface area (Å²) in [5.74, 6) is 0.245. The number of thiophene rings is 1. The van der Waals surface area contributed by atoms with Gasteiger partial charge in [0.1, 0.15) is 11.4 Å². The third-order valence-electron chi connectivity index (χ3n) is 4.66. The molecule has 3 heterocycles. The first-order valence-corrected chi connectivity index (χ1v) is 9.73. The van der Waals surface area contributed by atoms with Crippen LogP contribution in [-0.4, -0.2) is 36.4 Å². The van der Waals surface area contributed by atoms with E-state index in [1.807, 2.05) is 24.4 Å². The Morgan fingerprint density at radius 1 is 1.04 bits per heavy atom. The first kappa shape index (κ1) is 16.8. The van der Waals surface area contributed by atoms with Crippen LogP contribution in [0.1, 0.15) is 24.6 Å². The molecule has 0 radical (unpaired) electrons. The Balaban J connectivity index is 1.73. The van der Waals surface area contributed by atoms with Crippen molar-refractivity contribution in [3.05, 3.63) is 52.4 Å². The number of anilines is 1. The van der Waals surface area contributed by atoms with Gasteiger partial charge in [-0.2, -0.15) is 0 Å². The number of hydrogen-bond donors (Lipinski definition) is 0. The van der Waals surface area contributed by atoms with Crippen LogP contribution in [0.5, 0.6) is 5.75 Å². The lowest BCUT2D eigenvalue weighted by molar-refractivity contribution is -0.120. The van der Waals surface area contributed by atoms with Gasteiger partial charge in [-0.15, -0.1) is 11.3 Å². The molecule has 1 fully saturated rings. The van der Waals surface area contributed by atoms with Crippen LogP contribution in [0.25, 0.3) is 5.57 Å². The van der Waals surface area contributed by atoms with Gasteiger partial charge in [0.25, 0.3) is 11.8 Å². The van der Waals surface area contributed by atoms with E-state index in [4.69, 9.17) is 4.74 Å². The highest BCUT2D eigenvalue weighted by atomic mass is 32.1. The number of nitrogens with zero attached hydrogens (tertiary/aromatic N) is 2. The molecule has 6 heteroatoms. The second-order valence-corrected chi connectivity index (χ2v) is 7.22. The molecule has 1 saturated heterocycles. The van der Waals surface area contributed by atoms with Gasteiger partial charge in [-0.05, 0) is 55.5 Å². The maximum absolute atomic E-state index is 13.2. The average molecular weight is 368 g/mol. The number of hydrogen-bond acceptors (Lipinski definition) is 5. The summed E-state index contributed by atoms with van der Waals surface area (Å²) >= 11 is 1.49. The third kappa shape index (κ3) is 2.80. The normalized spacial score (nSPS) is 17.6. The molecular formula is C20H20N2O3S. The van der Waals surface area contributed by atoms with E-state index in [9.17, 15) is 9.59 Å². The summed E-state index contributed by atoms with van der Waals surface area (Å²) in [6.45, 7) is 4.13. The summed E-state index contributed by atoms with van der Waals surface area (Å²) in [5.41, 5.74) is 1.65. The molecule has 0 aliphatic carbocycles. The first-order valence-electron chi connectivity index (χ1n) is 8.85. The molecule has 0 N–H and O–H groups in total. The quantitative estimate of drug-likeness (QED) is 0.758. The molecule has 0 bridgehead atoms. The van der Waals surface area contributed by atoms with E-state index < -0.39 is 0 Å². The Morgan fingerprint density at radius 2 is 1.77 bits per heavy atom. The van der Waals surface area contributed by atoms with E-state index in [-0.39, 0.29) is 11.8 Å². The molecular weight excluding hydrogens is 348 g/mol. The molecule has 5 nitrogen and oxygen atoms in total. The van der Waals surface area contributed by atoms with E-state index in [0.717, 1.165) is 36.6 Å². The summed E-state index contributed by atoms with van der Waals surface area (Å²) in [5, 5.41) is 1.93. The van der Waals surface area contributed by atoms with Gasteiger partial charge in [0, 0.05) is 18.0 Å². The maximum Gasteiger partial charge on any atom is 0.282 e. The number of carbonyl (C=O) groups is 2. The van der Waals surface area contributed by atoms with Crippen LogP contribution in [0.3, 0.4) is 0 Å². The molecule has 4 rings (SSSR count). The zero-order chi connectivity index (χ0) is 18.1. The molecule has 1 aromatic carbocycles. The van der Waals surface area contributed by atoms with Gasteiger partial charge in [0.2, 0.25) is 0 Å². The van der Waals surface area contributed by atoms with Crippen molar-refractivity contribution in [3.63, 3.8) is 0 Å². The smallest absolute Gasteiger partial charge is 0.282 e. The fraction of sp³-hybridized carbons (Fsp3) is 0.300. The largest absolute Gasteiger partial charge is 0.494 e. The molecule has 0 atom stereocenters. The van der Waals surface area contributed by atoms with Gasteiger partial charge in [0.15, 0.2) is 0 Å². The summed E-state index contributed by atoms with van der Waals surface area (Å²) < 4.78 is 5.45. The van der Waals surface area contributed by atoms with Crippen LogP contribution < -0.4 is 9.64 Å². The molecule has 2 aliphatic rings. The summed E-state index contributed by atoms with van der Waals surface area (Å²) in [4.78, 5) is 30.6. The topological polar surface area (TPSA) is 49.9 Å². The first-order chi connectivity index (χ1) is 12.7. The van der Waals surface area contributed by atoms with Crippen LogP contribution in [0, 0.1) is 0 Å². The fourth-order valence-corrected chi connectivity index (χ4v) is 4.25. The van der Waals surface area contributed by atoms with Crippen molar-refractivity contribution in [2.24, 2.45) is 0 Å². The van der Waals surface area contributed by atoms with Crippen molar-refractivity contribution in [1.29, 1.82) is 0 Å². The zero-order valence-electron chi connectivity index (χ0n) is 14.6. The highest BCUT2D eigenvalue weighted by Crippen LogP contribution is 2.37. The molecule has 2 aromatic rings. The van der Waals surface area contributed by atoms with Crippen molar-refractivity contribution in [3.8, 4) is 5.75 Å². The molecule has 2 aliphatic heterocycles. The highest BCUT2D eigenvalue weighted by Gasteiger charge is 2.43. The Hall–Kier alpha value is -2.60. The van der Waals surface area contributed by atoms with Gasteiger partial charge in [0.05, 0.1) is 17.9 Å². The molecule has 0 saturated carbocycles. The molecule has 26 heavy (non-hydrogen) atoms. The minimum atomic E-state index is -0.247. The van der Waals surface area contributed by atoms with Crippen LogP contribution in [0.4, 0.5) is 5.69 Å². The number of imide groups is 1. The number of ether oxygens (including phenoxy) is 1. The van der Waals surface area contributed by atoms with Gasteiger partial charge in [-0.1, -0.05) is 6.07 Å². The predicted octanol–water partition coefficient (Wildman–Crippen LogP) is 3.53. The van der Waals surface area contributed by atoms with Gasteiger partial charge < -0.3 is 9.64 Å². The Labute approximate surface area is 156 Å². The number of carbonyl (C=O) groups excluding carboxylic acids is 2. The standard InChI is InChI=1S/C20H20N2O3S/c1-2-25-15-9-7-14(8-10-15)22-19(23)17(16-6-5-13-26-16)18(20(22)24)21-11-3-4-12-21/h5-10,13H,2-4,11-12H2,1H3. The SMILES string of the molecule is CCOc1ccc(N2C(=O)C(c3cccs3)=C(N3CCCC3)C2=O)cc1. The third-order valence-corrected chi connectivity index (χ3v) is 5.54. The van der Waals surface area contributed by atoms with E-state index in [0.29, 0.717) is 23.6 Å². The number of amides is 2. The van der Waals surface area contributed by atoms with Gasteiger partial charge in [-0.25, -0.2) is 4.90 Å². The van der Waals surface area contributed by atoms with Crippen molar-refractivity contribution in [2.75, 3.05) is 24.6 Å². The monoisotopic (exact) mass is 368 g/mol. The average Bonchev–Trinajstić information content (AvgIpc) is 3.37. The molecule has 2 amide bonds. The minimum Gasteiger partial charge on any atom is -0.494 e. The van der Waals surface area contributed by atoms with E-state index in [1.54, 1.807) is 24.3 Å². The minimum absolute atomic E-state index is 0.232. The molecule has 0 spiro atoms. The van der Waals surface area contributed by atoms with Crippen LogP contribution in [-0.2, 0) is 9.59 Å². The number of rotatable bonds is 5. The van der Waals surface area contributed by atoms with Crippen molar-refractivity contribution in [2.45, 2.75) is 19.8 Å². The second kappa shape index (κ2) is 6.96. The maximum atomic E-state index is 13.2. The lowest BCUT2D eigenvalue weighted by Gasteiger charge is -2.20. The lowest BCUT2D eigenvalue weighted by Crippen LogP contribution is -2.34. The summed E-state index contributed by atoms with van der Waals surface area (Å²) in [6, 6.07) is 10.9. The predicted molar refractivity (Wildman–Crippen MR) is 102 cm³/mol. The van der Waals surface area contributed by atoms with Crippen molar-refractivity contribution >= 4 is 34.4 Å². The van der Waals surface area contributed by atoms with Crippen LogP contribution in [0.15, 0.2) is 47.5 Å². The van der Waals surface area contributed by atoms with Gasteiger partial charge in [-0.3, -0.25) is 9.59 Å². The van der Waals surface area contributed by atoms with E-state index in [2.05, 4.69) is 4.90 Å². The van der Waals surface area contributed by atoms with Crippen LogP contribution >= 0.6 is 11.3 Å². The summed E-state index contributed by atoms with van der Waals surface area (Å²) in [6.07, 6.45) is 2.09. The second-order valence-electron chi connectivity index (χ2n) is 6.27. The Kier molecular flexibility index (Phi) is 4.51. The molecule has 134 valence electrons.